The highest BCUT2D eigenvalue weighted by molar-refractivity contribution is 7.10. The predicted octanol–water partition coefficient (Wildman–Crippen LogP) is 0.540. The monoisotopic (exact) mass is 217 g/mol. The van der Waals surface area contributed by atoms with Crippen LogP contribution in [-0.4, -0.2) is 31.0 Å². The molecule has 0 saturated heterocycles. The standard InChI is InChI=1S/C8H12FN3OS/c1-5-12-6(7(9)14-5)8(13)11-4-3-10-2/h10H,3-4H2,1-2H3,(H,11,13). The van der Waals surface area contributed by atoms with Gasteiger partial charge in [-0.25, -0.2) is 4.98 Å². The molecule has 6 heteroatoms. The number of carbonyl (C=O) groups excluding carboxylic acids is 1. The second kappa shape index (κ2) is 5.02. The molecule has 0 aliphatic rings. The molecule has 1 rings (SSSR count). The minimum Gasteiger partial charge on any atom is -0.349 e. The van der Waals surface area contributed by atoms with Gasteiger partial charge in [-0.3, -0.25) is 4.79 Å². The zero-order chi connectivity index (χ0) is 10.6. The van der Waals surface area contributed by atoms with Crippen molar-refractivity contribution in [2.75, 3.05) is 20.1 Å². The van der Waals surface area contributed by atoms with Crippen molar-refractivity contribution in [2.45, 2.75) is 6.92 Å². The zero-order valence-electron chi connectivity index (χ0n) is 8.06. The Morgan fingerprint density at radius 2 is 2.29 bits per heavy atom. The van der Waals surface area contributed by atoms with Crippen molar-refractivity contribution < 1.29 is 9.18 Å². The number of hydrogen-bond donors (Lipinski definition) is 2. The summed E-state index contributed by atoms with van der Waals surface area (Å²) in [6, 6.07) is 0. The SMILES string of the molecule is CNCCNC(=O)c1nc(C)sc1F. The molecule has 0 aliphatic carbocycles. The van der Waals surface area contributed by atoms with E-state index in [1.807, 2.05) is 0 Å². The lowest BCUT2D eigenvalue weighted by atomic mass is 10.4. The summed E-state index contributed by atoms with van der Waals surface area (Å²) in [4.78, 5) is 15.1. The molecule has 4 nitrogen and oxygen atoms in total. The van der Waals surface area contributed by atoms with E-state index in [0.717, 1.165) is 11.3 Å². The van der Waals surface area contributed by atoms with Crippen LogP contribution in [0.25, 0.3) is 0 Å². The molecular formula is C8H12FN3OS. The summed E-state index contributed by atoms with van der Waals surface area (Å²) >= 11 is 0.883. The minimum atomic E-state index is -0.524. The van der Waals surface area contributed by atoms with Gasteiger partial charge in [-0.05, 0) is 14.0 Å². The molecule has 14 heavy (non-hydrogen) atoms. The topological polar surface area (TPSA) is 54.0 Å². The lowest BCUT2D eigenvalue weighted by Gasteiger charge is -2.01. The number of amides is 1. The summed E-state index contributed by atoms with van der Waals surface area (Å²) in [6.07, 6.45) is 0. The van der Waals surface area contributed by atoms with Gasteiger partial charge < -0.3 is 10.6 Å². The summed E-state index contributed by atoms with van der Waals surface area (Å²) in [5.41, 5.74) is -0.108. The highest BCUT2D eigenvalue weighted by atomic mass is 32.1. The van der Waals surface area contributed by atoms with Crippen molar-refractivity contribution in [1.29, 1.82) is 0 Å². The average molecular weight is 217 g/mol. The first-order valence-corrected chi connectivity index (χ1v) is 5.02. The summed E-state index contributed by atoms with van der Waals surface area (Å²) in [6.45, 7) is 2.78. The van der Waals surface area contributed by atoms with Crippen LogP contribution in [0.4, 0.5) is 4.39 Å². The number of likely N-dealkylation sites (N-methyl/N-ethyl adjacent to an activating group) is 1. The van der Waals surface area contributed by atoms with E-state index in [-0.39, 0.29) is 5.69 Å². The fourth-order valence-electron chi connectivity index (χ4n) is 0.927. The number of nitrogens with zero attached hydrogens (tertiary/aromatic N) is 1. The van der Waals surface area contributed by atoms with Gasteiger partial charge in [0.1, 0.15) is 0 Å². The maximum atomic E-state index is 13.0. The molecule has 1 aromatic heterocycles. The summed E-state index contributed by atoms with van der Waals surface area (Å²) in [5, 5.41) is 5.46. The summed E-state index contributed by atoms with van der Waals surface area (Å²) < 4.78 is 13.0. The van der Waals surface area contributed by atoms with Gasteiger partial charge in [0, 0.05) is 13.1 Å². The van der Waals surface area contributed by atoms with E-state index in [1.54, 1.807) is 14.0 Å². The molecule has 0 unspecified atom stereocenters. The largest absolute Gasteiger partial charge is 0.349 e. The summed E-state index contributed by atoms with van der Waals surface area (Å²) in [7, 11) is 1.78. The van der Waals surface area contributed by atoms with Crippen molar-refractivity contribution in [2.24, 2.45) is 0 Å². The number of carbonyl (C=O) groups is 1. The second-order valence-corrected chi connectivity index (χ2v) is 3.87. The number of halogens is 1. The molecule has 0 spiro atoms. The number of aryl methyl sites for hydroxylation is 1. The van der Waals surface area contributed by atoms with E-state index in [9.17, 15) is 9.18 Å². The Morgan fingerprint density at radius 3 is 2.79 bits per heavy atom. The summed E-state index contributed by atoms with van der Waals surface area (Å²) in [5.74, 6) is -0.456. The average Bonchev–Trinajstić information content (AvgIpc) is 2.45. The third-order valence-corrected chi connectivity index (χ3v) is 2.33. The first kappa shape index (κ1) is 11.1. The van der Waals surface area contributed by atoms with Crippen LogP contribution in [0.3, 0.4) is 0 Å². The lowest BCUT2D eigenvalue weighted by Crippen LogP contribution is -2.31. The number of nitrogens with one attached hydrogen (secondary N) is 2. The Bertz CT molecular complexity index is 326. The molecule has 0 saturated carbocycles. The second-order valence-electron chi connectivity index (χ2n) is 2.71. The van der Waals surface area contributed by atoms with Gasteiger partial charge in [0.05, 0.1) is 5.01 Å². The number of hydrogen-bond acceptors (Lipinski definition) is 4. The van der Waals surface area contributed by atoms with Crippen molar-refractivity contribution in [1.82, 2.24) is 15.6 Å². The zero-order valence-corrected chi connectivity index (χ0v) is 8.87. The fourth-order valence-corrected chi connectivity index (χ4v) is 1.56. The number of rotatable bonds is 4. The van der Waals surface area contributed by atoms with Crippen molar-refractivity contribution in [3.63, 3.8) is 0 Å². The molecule has 1 aromatic rings. The first-order valence-electron chi connectivity index (χ1n) is 4.21. The third kappa shape index (κ3) is 2.74. The van der Waals surface area contributed by atoms with Gasteiger partial charge in [0.25, 0.3) is 5.91 Å². The van der Waals surface area contributed by atoms with Gasteiger partial charge >= 0.3 is 0 Å². The minimum absolute atomic E-state index is 0.108. The van der Waals surface area contributed by atoms with E-state index >= 15 is 0 Å². The first-order chi connectivity index (χ1) is 6.65. The third-order valence-electron chi connectivity index (χ3n) is 1.57. The maximum absolute atomic E-state index is 13.0. The number of thiazole rings is 1. The van der Waals surface area contributed by atoms with Crippen LogP contribution in [0.15, 0.2) is 0 Å². The molecular weight excluding hydrogens is 205 g/mol. The van der Waals surface area contributed by atoms with Gasteiger partial charge in [0.2, 0.25) is 5.13 Å². The smallest absolute Gasteiger partial charge is 0.273 e. The van der Waals surface area contributed by atoms with Crippen LogP contribution in [0.1, 0.15) is 15.5 Å². The Balaban J connectivity index is 2.56. The van der Waals surface area contributed by atoms with Gasteiger partial charge in [-0.2, -0.15) is 4.39 Å². The van der Waals surface area contributed by atoms with E-state index in [0.29, 0.717) is 18.1 Å². The van der Waals surface area contributed by atoms with Crippen LogP contribution in [-0.2, 0) is 0 Å². The normalized spacial score (nSPS) is 10.2. The Kier molecular flexibility index (Phi) is 3.97. The molecule has 0 atom stereocenters. The fraction of sp³-hybridized carbons (Fsp3) is 0.500. The highest BCUT2D eigenvalue weighted by Gasteiger charge is 2.15. The molecule has 2 N–H and O–H groups in total. The van der Waals surface area contributed by atoms with Gasteiger partial charge in [0.15, 0.2) is 5.69 Å². The van der Waals surface area contributed by atoms with E-state index in [1.165, 1.54) is 0 Å². The molecule has 1 amide bonds. The van der Waals surface area contributed by atoms with Crippen molar-refractivity contribution in [3.8, 4) is 0 Å². The Labute approximate surface area is 85.5 Å². The van der Waals surface area contributed by atoms with Crippen LogP contribution in [0, 0.1) is 12.1 Å². The van der Waals surface area contributed by atoms with E-state index in [4.69, 9.17) is 0 Å². The quantitative estimate of drug-likeness (QED) is 0.724. The van der Waals surface area contributed by atoms with E-state index < -0.39 is 11.0 Å². The van der Waals surface area contributed by atoms with Crippen LogP contribution < -0.4 is 10.6 Å². The Hall–Kier alpha value is -1.01. The number of aromatic nitrogens is 1. The molecule has 78 valence electrons. The van der Waals surface area contributed by atoms with Gasteiger partial charge in [-0.1, -0.05) is 11.3 Å². The van der Waals surface area contributed by atoms with Crippen molar-refractivity contribution >= 4 is 17.2 Å². The molecule has 0 radical (unpaired) electrons. The van der Waals surface area contributed by atoms with Crippen LogP contribution >= 0.6 is 11.3 Å². The maximum Gasteiger partial charge on any atom is 0.273 e. The Morgan fingerprint density at radius 1 is 1.57 bits per heavy atom. The molecule has 0 bridgehead atoms. The predicted molar refractivity (Wildman–Crippen MR) is 53.1 cm³/mol. The highest BCUT2D eigenvalue weighted by Crippen LogP contribution is 2.14. The van der Waals surface area contributed by atoms with Crippen molar-refractivity contribution in [3.05, 3.63) is 15.8 Å². The molecule has 0 aromatic carbocycles. The molecule has 0 aliphatic heterocycles. The van der Waals surface area contributed by atoms with E-state index in [2.05, 4.69) is 15.6 Å². The molecule has 1 heterocycles. The molecule has 0 fully saturated rings. The van der Waals surface area contributed by atoms with Gasteiger partial charge in [-0.15, -0.1) is 0 Å². The van der Waals surface area contributed by atoms with Crippen LogP contribution in [0.5, 0.6) is 0 Å². The van der Waals surface area contributed by atoms with Crippen LogP contribution in [0.2, 0.25) is 0 Å². The lowest BCUT2D eigenvalue weighted by molar-refractivity contribution is 0.0946.